The molecule has 19 heavy (non-hydrogen) atoms. The summed E-state index contributed by atoms with van der Waals surface area (Å²) in [7, 11) is 0. The molecule has 1 aromatic rings. The van der Waals surface area contributed by atoms with Crippen LogP contribution in [0.4, 0.5) is 0 Å². The van der Waals surface area contributed by atoms with Crippen LogP contribution in [0, 0.1) is 0 Å². The molecule has 0 radical (unpaired) electrons. The zero-order chi connectivity index (χ0) is 13.7. The van der Waals surface area contributed by atoms with Gasteiger partial charge in [-0.25, -0.2) is 0 Å². The molecule has 0 spiro atoms. The van der Waals surface area contributed by atoms with Gasteiger partial charge in [-0.2, -0.15) is 0 Å². The number of aromatic hydroxyl groups is 1. The van der Waals surface area contributed by atoms with Crippen molar-refractivity contribution in [2.75, 3.05) is 0 Å². The molecule has 0 unspecified atom stereocenters. The predicted molar refractivity (Wildman–Crippen MR) is 78.3 cm³/mol. The summed E-state index contributed by atoms with van der Waals surface area (Å²) in [6.45, 7) is 2.17. The Labute approximate surface area is 115 Å². The van der Waals surface area contributed by atoms with Crippen molar-refractivity contribution in [3.63, 3.8) is 0 Å². The molecule has 2 nitrogen and oxygen atoms in total. The molecule has 2 heteroatoms. The number of hydrogen-bond acceptors (Lipinski definition) is 2. The molecule has 0 aliphatic heterocycles. The van der Waals surface area contributed by atoms with Gasteiger partial charge in [-0.3, -0.25) is 4.79 Å². The van der Waals surface area contributed by atoms with Gasteiger partial charge in [-0.1, -0.05) is 31.9 Å². The van der Waals surface area contributed by atoms with Crippen LogP contribution in [0.3, 0.4) is 0 Å². The van der Waals surface area contributed by atoms with Crippen molar-refractivity contribution in [3.8, 4) is 5.75 Å². The number of aldehydes is 1. The van der Waals surface area contributed by atoms with E-state index in [1.807, 2.05) is 12.1 Å². The Kier molecular flexibility index (Phi) is 4.78. The van der Waals surface area contributed by atoms with E-state index in [0.29, 0.717) is 5.92 Å². The van der Waals surface area contributed by atoms with Gasteiger partial charge >= 0.3 is 0 Å². The van der Waals surface area contributed by atoms with Crippen LogP contribution in [0.25, 0.3) is 5.57 Å². The topological polar surface area (TPSA) is 37.3 Å². The molecule has 1 fully saturated rings. The van der Waals surface area contributed by atoms with E-state index in [1.54, 1.807) is 12.1 Å². The third kappa shape index (κ3) is 3.69. The second-order valence-electron chi connectivity index (χ2n) is 5.32. The molecule has 2 rings (SSSR count). The molecule has 1 aromatic carbocycles. The molecular formula is C17H22O2. The molecule has 102 valence electrons. The first-order chi connectivity index (χ1) is 9.26. The van der Waals surface area contributed by atoms with Crippen LogP contribution in [0.5, 0.6) is 5.75 Å². The van der Waals surface area contributed by atoms with E-state index in [4.69, 9.17) is 0 Å². The summed E-state index contributed by atoms with van der Waals surface area (Å²) in [6, 6.07) is 5.41. The highest BCUT2D eigenvalue weighted by atomic mass is 16.3. The van der Waals surface area contributed by atoms with Gasteiger partial charge in [0.2, 0.25) is 0 Å². The van der Waals surface area contributed by atoms with Gasteiger partial charge in [0.15, 0.2) is 0 Å². The number of hydrogen-bond donors (Lipinski definition) is 1. The highest BCUT2D eigenvalue weighted by molar-refractivity contribution is 6.07. The fourth-order valence-corrected chi connectivity index (χ4v) is 2.42. The standard InChI is InChI=1S/C17H22O2/c1-2-3-4-5-6-14(12-18)17-11-15(19)9-10-16(17)13-7-8-13/h6,9-13,19H,2-5,7-8H2,1H3/b14-6+. The lowest BCUT2D eigenvalue weighted by Crippen LogP contribution is -1.93. The van der Waals surface area contributed by atoms with E-state index in [2.05, 4.69) is 6.92 Å². The molecule has 0 atom stereocenters. The number of rotatable bonds is 7. The molecule has 1 N–H and O–H groups in total. The average Bonchev–Trinajstić information content (AvgIpc) is 3.23. The van der Waals surface area contributed by atoms with Crippen LogP contribution in [-0.2, 0) is 4.79 Å². The van der Waals surface area contributed by atoms with Crippen molar-refractivity contribution in [3.05, 3.63) is 35.4 Å². The van der Waals surface area contributed by atoms with Crippen molar-refractivity contribution in [1.29, 1.82) is 0 Å². The quantitative estimate of drug-likeness (QED) is 0.446. The number of unbranched alkanes of at least 4 members (excludes halogenated alkanes) is 3. The van der Waals surface area contributed by atoms with Gasteiger partial charge in [0.1, 0.15) is 12.0 Å². The molecule has 0 amide bonds. The van der Waals surface area contributed by atoms with Gasteiger partial charge in [0.05, 0.1) is 0 Å². The lowest BCUT2D eigenvalue weighted by atomic mass is 9.96. The van der Waals surface area contributed by atoms with E-state index in [-0.39, 0.29) is 5.75 Å². The minimum atomic E-state index is 0.237. The monoisotopic (exact) mass is 258 g/mol. The summed E-state index contributed by atoms with van der Waals surface area (Å²) in [5.41, 5.74) is 2.87. The summed E-state index contributed by atoms with van der Waals surface area (Å²) in [4.78, 5) is 11.3. The Balaban J connectivity index is 2.21. The lowest BCUT2D eigenvalue weighted by molar-refractivity contribution is -0.103. The van der Waals surface area contributed by atoms with Crippen LogP contribution in [0.15, 0.2) is 24.3 Å². The van der Waals surface area contributed by atoms with Gasteiger partial charge in [0.25, 0.3) is 0 Å². The fourth-order valence-electron chi connectivity index (χ4n) is 2.42. The molecule has 1 aliphatic carbocycles. The van der Waals surface area contributed by atoms with E-state index in [1.165, 1.54) is 31.2 Å². The van der Waals surface area contributed by atoms with Gasteiger partial charge in [0, 0.05) is 5.57 Å². The van der Waals surface area contributed by atoms with Crippen LogP contribution < -0.4 is 0 Å². The number of phenols is 1. The number of benzene rings is 1. The summed E-state index contributed by atoms with van der Waals surface area (Å²) in [6.07, 6.45) is 9.75. The maximum atomic E-state index is 11.3. The van der Waals surface area contributed by atoms with Gasteiger partial charge in [-0.05, 0) is 54.9 Å². The predicted octanol–water partition coefficient (Wildman–Crippen LogP) is 4.43. The first-order valence-corrected chi connectivity index (χ1v) is 7.25. The highest BCUT2D eigenvalue weighted by Crippen LogP contribution is 2.43. The van der Waals surface area contributed by atoms with Crippen molar-refractivity contribution >= 4 is 11.9 Å². The van der Waals surface area contributed by atoms with Crippen LogP contribution >= 0.6 is 0 Å². The molecule has 0 saturated heterocycles. The second kappa shape index (κ2) is 6.55. The van der Waals surface area contributed by atoms with E-state index >= 15 is 0 Å². The van der Waals surface area contributed by atoms with Crippen molar-refractivity contribution in [2.24, 2.45) is 0 Å². The number of allylic oxidation sites excluding steroid dienone is 2. The van der Waals surface area contributed by atoms with Crippen LogP contribution in [0.2, 0.25) is 0 Å². The van der Waals surface area contributed by atoms with E-state index in [0.717, 1.165) is 30.3 Å². The first-order valence-electron chi connectivity index (χ1n) is 7.25. The molecule has 0 heterocycles. The SMILES string of the molecule is CCCCC/C=C(\C=O)c1cc(O)ccc1C1CC1. The van der Waals surface area contributed by atoms with Crippen molar-refractivity contribution in [1.82, 2.24) is 0 Å². The Bertz CT molecular complexity index is 470. The van der Waals surface area contributed by atoms with E-state index in [9.17, 15) is 9.90 Å². The zero-order valence-electron chi connectivity index (χ0n) is 11.6. The summed E-state index contributed by atoms with van der Waals surface area (Å²) < 4.78 is 0. The Hall–Kier alpha value is -1.57. The molecule has 1 saturated carbocycles. The smallest absolute Gasteiger partial charge is 0.150 e. The maximum Gasteiger partial charge on any atom is 0.150 e. The molecular weight excluding hydrogens is 236 g/mol. The average molecular weight is 258 g/mol. The fraction of sp³-hybridized carbons (Fsp3) is 0.471. The number of phenolic OH excluding ortho intramolecular Hbond substituents is 1. The summed E-state index contributed by atoms with van der Waals surface area (Å²) >= 11 is 0. The van der Waals surface area contributed by atoms with Crippen LogP contribution in [0.1, 0.15) is 62.5 Å². The minimum absolute atomic E-state index is 0.237. The molecule has 1 aliphatic rings. The minimum Gasteiger partial charge on any atom is -0.508 e. The Morgan fingerprint density at radius 3 is 2.79 bits per heavy atom. The third-order valence-corrected chi connectivity index (χ3v) is 3.66. The summed E-state index contributed by atoms with van der Waals surface area (Å²) in [5, 5.41) is 9.65. The first kappa shape index (κ1) is 13.9. The van der Waals surface area contributed by atoms with E-state index < -0.39 is 0 Å². The largest absolute Gasteiger partial charge is 0.508 e. The maximum absolute atomic E-state index is 11.3. The van der Waals surface area contributed by atoms with Gasteiger partial charge < -0.3 is 5.11 Å². The van der Waals surface area contributed by atoms with Crippen molar-refractivity contribution in [2.45, 2.75) is 51.4 Å². The lowest BCUT2D eigenvalue weighted by Gasteiger charge is -2.09. The van der Waals surface area contributed by atoms with Crippen LogP contribution in [-0.4, -0.2) is 11.4 Å². The van der Waals surface area contributed by atoms with Crippen molar-refractivity contribution < 1.29 is 9.90 Å². The number of carbonyl (C=O) groups excluding carboxylic acids is 1. The molecule has 0 aromatic heterocycles. The second-order valence-corrected chi connectivity index (χ2v) is 5.32. The molecule has 0 bridgehead atoms. The third-order valence-electron chi connectivity index (χ3n) is 3.66. The zero-order valence-corrected chi connectivity index (χ0v) is 11.6. The summed E-state index contributed by atoms with van der Waals surface area (Å²) in [5.74, 6) is 0.815. The number of carbonyl (C=O) groups is 1. The Morgan fingerprint density at radius 1 is 1.37 bits per heavy atom. The van der Waals surface area contributed by atoms with Gasteiger partial charge in [-0.15, -0.1) is 0 Å². The highest BCUT2D eigenvalue weighted by Gasteiger charge is 2.26. The Morgan fingerprint density at radius 2 is 2.16 bits per heavy atom. The normalized spacial score (nSPS) is 15.5.